The summed E-state index contributed by atoms with van der Waals surface area (Å²) in [4.78, 5) is 0. The molecule has 0 atom stereocenters. The highest BCUT2D eigenvalue weighted by Gasteiger charge is 2.31. The molecule has 3 nitrogen and oxygen atoms in total. The van der Waals surface area contributed by atoms with Gasteiger partial charge >= 0.3 is 6.36 Å². The fourth-order valence-electron chi connectivity index (χ4n) is 2.02. The van der Waals surface area contributed by atoms with Gasteiger partial charge in [0.1, 0.15) is 17.2 Å². The average molecular weight is 298 g/mol. The number of methoxy groups -OCH3 is 1. The summed E-state index contributed by atoms with van der Waals surface area (Å²) in [5.41, 5.74) is 1.91. The second-order valence-electron chi connectivity index (χ2n) is 4.44. The predicted molar refractivity (Wildman–Crippen MR) is 71.5 cm³/mol. The van der Waals surface area contributed by atoms with Crippen LogP contribution in [-0.4, -0.2) is 18.6 Å². The van der Waals surface area contributed by atoms with Gasteiger partial charge in [-0.1, -0.05) is 6.07 Å². The highest BCUT2D eigenvalue weighted by Crippen LogP contribution is 2.34. The van der Waals surface area contributed by atoms with Crippen molar-refractivity contribution in [2.45, 2.75) is 13.3 Å². The third-order valence-electron chi connectivity index (χ3n) is 2.87. The summed E-state index contributed by atoms with van der Waals surface area (Å²) in [7, 11) is 1.53. The molecule has 0 saturated carbocycles. The number of phenols is 1. The highest BCUT2D eigenvalue weighted by atomic mass is 19.4. The van der Waals surface area contributed by atoms with E-state index < -0.39 is 12.1 Å². The number of ether oxygens (including phenoxy) is 2. The Labute approximate surface area is 119 Å². The predicted octanol–water partition coefficient (Wildman–Crippen LogP) is 4.27. The van der Waals surface area contributed by atoms with E-state index in [1.807, 2.05) is 0 Å². The minimum atomic E-state index is -4.81. The fraction of sp³-hybridized carbons (Fsp3) is 0.200. The summed E-state index contributed by atoms with van der Waals surface area (Å²) in [5.74, 6) is -0.127. The molecule has 1 N–H and O–H groups in total. The molecule has 6 heteroatoms. The Hall–Kier alpha value is -2.37. The lowest BCUT2D eigenvalue weighted by atomic mass is 10.00. The van der Waals surface area contributed by atoms with Crippen LogP contribution in [0.15, 0.2) is 36.4 Å². The van der Waals surface area contributed by atoms with E-state index in [2.05, 4.69) is 4.74 Å². The molecular formula is C15H13F3O3. The van der Waals surface area contributed by atoms with E-state index in [1.54, 1.807) is 25.1 Å². The lowest BCUT2D eigenvalue weighted by molar-refractivity contribution is -0.274. The van der Waals surface area contributed by atoms with Crippen LogP contribution in [0, 0.1) is 6.92 Å². The number of aromatic hydroxyl groups is 1. The van der Waals surface area contributed by atoms with Gasteiger partial charge in [-0.2, -0.15) is 0 Å². The molecule has 21 heavy (non-hydrogen) atoms. The first-order valence-electron chi connectivity index (χ1n) is 6.03. The molecule has 0 spiro atoms. The zero-order valence-electron chi connectivity index (χ0n) is 11.4. The molecule has 0 amide bonds. The number of rotatable bonds is 3. The standard InChI is InChI=1S/C15H13F3O3/c1-9-5-12(20-2)3-4-14(9)10-6-11(19)8-13(7-10)21-15(16,17)18/h3-8,19H,1-2H3. The normalized spacial score (nSPS) is 11.3. The molecule has 0 saturated heterocycles. The topological polar surface area (TPSA) is 38.7 Å². The lowest BCUT2D eigenvalue weighted by Crippen LogP contribution is -2.17. The van der Waals surface area contributed by atoms with Crippen molar-refractivity contribution in [2.75, 3.05) is 7.11 Å². The van der Waals surface area contributed by atoms with Crippen molar-refractivity contribution in [1.82, 2.24) is 0 Å². The van der Waals surface area contributed by atoms with Crippen LogP contribution in [0.1, 0.15) is 5.56 Å². The largest absolute Gasteiger partial charge is 0.573 e. The molecule has 0 unspecified atom stereocenters. The maximum absolute atomic E-state index is 12.3. The van der Waals surface area contributed by atoms with Gasteiger partial charge in [0, 0.05) is 6.07 Å². The minimum Gasteiger partial charge on any atom is -0.508 e. The molecule has 2 aromatic rings. The minimum absolute atomic E-state index is 0.304. The first-order valence-corrected chi connectivity index (χ1v) is 6.03. The van der Waals surface area contributed by atoms with Crippen LogP contribution in [0.5, 0.6) is 17.2 Å². The third-order valence-corrected chi connectivity index (χ3v) is 2.87. The number of hydrogen-bond acceptors (Lipinski definition) is 3. The fourth-order valence-corrected chi connectivity index (χ4v) is 2.02. The maximum atomic E-state index is 12.3. The van der Waals surface area contributed by atoms with Gasteiger partial charge in [-0.3, -0.25) is 0 Å². The maximum Gasteiger partial charge on any atom is 0.573 e. The Morgan fingerprint density at radius 3 is 2.29 bits per heavy atom. The van der Waals surface area contributed by atoms with Crippen LogP contribution < -0.4 is 9.47 Å². The van der Waals surface area contributed by atoms with E-state index >= 15 is 0 Å². The molecule has 0 aliphatic heterocycles. The molecular weight excluding hydrogens is 285 g/mol. The third kappa shape index (κ3) is 3.81. The molecule has 2 aromatic carbocycles. The number of alkyl halides is 3. The summed E-state index contributed by atoms with van der Waals surface area (Å²) in [5, 5.41) is 9.57. The van der Waals surface area contributed by atoms with Crippen LogP contribution in [0.4, 0.5) is 13.2 Å². The van der Waals surface area contributed by atoms with Crippen molar-refractivity contribution in [2.24, 2.45) is 0 Å². The van der Waals surface area contributed by atoms with Crippen LogP contribution in [0.3, 0.4) is 0 Å². The van der Waals surface area contributed by atoms with Crippen molar-refractivity contribution in [1.29, 1.82) is 0 Å². The van der Waals surface area contributed by atoms with Crippen molar-refractivity contribution < 1.29 is 27.8 Å². The SMILES string of the molecule is COc1ccc(-c2cc(O)cc(OC(F)(F)F)c2)c(C)c1. The quantitative estimate of drug-likeness (QED) is 0.919. The van der Waals surface area contributed by atoms with Gasteiger partial charge in [0.2, 0.25) is 0 Å². The van der Waals surface area contributed by atoms with Crippen molar-refractivity contribution in [3.8, 4) is 28.4 Å². The molecule has 0 bridgehead atoms. The Bertz CT molecular complexity index is 651. The molecule has 0 fully saturated rings. The van der Waals surface area contributed by atoms with Crippen molar-refractivity contribution in [3.05, 3.63) is 42.0 Å². The summed E-state index contributed by atoms with van der Waals surface area (Å²) < 4.78 is 45.7. The zero-order valence-corrected chi connectivity index (χ0v) is 11.4. The molecule has 0 heterocycles. The van der Waals surface area contributed by atoms with Crippen LogP contribution in [-0.2, 0) is 0 Å². The number of phenolic OH excluding ortho intramolecular Hbond substituents is 1. The molecule has 0 radical (unpaired) electrons. The van der Waals surface area contributed by atoms with Gasteiger partial charge in [-0.25, -0.2) is 0 Å². The summed E-state index contributed by atoms with van der Waals surface area (Å²) in [6, 6.07) is 8.66. The summed E-state index contributed by atoms with van der Waals surface area (Å²) in [6.45, 7) is 1.80. The van der Waals surface area contributed by atoms with E-state index in [4.69, 9.17) is 4.74 Å². The molecule has 0 aromatic heterocycles. The number of aryl methyl sites for hydroxylation is 1. The first kappa shape index (κ1) is 15.0. The van der Waals surface area contributed by atoms with E-state index in [9.17, 15) is 18.3 Å². The first-order chi connectivity index (χ1) is 9.78. The second kappa shape index (κ2) is 5.55. The van der Waals surface area contributed by atoms with Gasteiger partial charge < -0.3 is 14.6 Å². The zero-order chi connectivity index (χ0) is 15.6. The van der Waals surface area contributed by atoms with Crippen LogP contribution in [0.25, 0.3) is 11.1 Å². The van der Waals surface area contributed by atoms with E-state index in [1.165, 1.54) is 19.2 Å². The van der Waals surface area contributed by atoms with Gasteiger partial charge in [0.25, 0.3) is 0 Å². The van der Waals surface area contributed by atoms with E-state index in [0.29, 0.717) is 16.9 Å². The molecule has 2 rings (SSSR count). The van der Waals surface area contributed by atoms with Crippen molar-refractivity contribution >= 4 is 0 Å². The molecule has 0 aliphatic rings. The smallest absolute Gasteiger partial charge is 0.508 e. The second-order valence-corrected chi connectivity index (χ2v) is 4.44. The number of hydrogen-bond donors (Lipinski definition) is 1. The summed E-state index contributed by atoms with van der Waals surface area (Å²) in [6.07, 6.45) is -4.81. The Morgan fingerprint density at radius 1 is 1.00 bits per heavy atom. The van der Waals surface area contributed by atoms with E-state index in [-0.39, 0.29) is 5.75 Å². The highest BCUT2D eigenvalue weighted by molar-refractivity contribution is 5.71. The van der Waals surface area contributed by atoms with Gasteiger partial charge in [-0.15, -0.1) is 13.2 Å². The van der Waals surface area contributed by atoms with Gasteiger partial charge in [-0.05, 0) is 47.9 Å². The Kier molecular flexibility index (Phi) is 3.97. The Morgan fingerprint density at radius 2 is 1.71 bits per heavy atom. The van der Waals surface area contributed by atoms with Crippen LogP contribution in [0.2, 0.25) is 0 Å². The van der Waals surface area contributed by atoms with Gasteiger partial charge in [0.15, 0.2) is 0 Å². The molecule has 0 aliphatic carbocycles. The Balaban J connectivity index is 2.44. The van der Waals surface area contributed by atoms with Gasteiger partial charge in [0.05, 0.1) is 7.11 Å². The number of benzene rings is 2. The number of halogens is 3. The van der Waals surface area contributed by atoms with Crippen molar-refractivity contribution in [3.63, 3.8) is 0 Å². The summed E-state index contributed by atoms with van der Waals surface area (Å²) >= 11 is 0. The van der Waals surface area contributed by atoms with E-state index in [0.717, 1.165) is 11.6 Å². The van der Waals surface area contributed by atoms with Crippen LogP contribution >= 0.6 is 0 Å². The monoisotopic (exact) mass is 298 g/mol. The lowest BCUT2D eigenvalue weighted by Gasteiger charge is -2.13. The molecule has 112 valence electrons. The average Bonchev–Trinajstić information content (AvgIpc) is 2.35.